The Kier molecular flexibility index (Phi) is 4.45. The predicted molar refractivity (Wildman–Crippen MR) is 78.5 cm³/mol. The number of likely N-dealkylation sites (tertiary alicyclic amines) is 1. The summed E-state index contributed by atoms with van der Waals surface area (Å²) in [6.45, 7) is 2.88. The Labute approximate surface area is 119 Å². The highest BCUT2D eigenvalue weighted by atomic mass is 16.5. The Morgan fingerprint density at radius 3 is 2.80 bits per heavy atom. The van der Waals surface area contributed by atoms with Gasteiger partial charge in [-0.15, -0.1) is 0 Å². The molecule has 4 nitrogen and oxygen atoms in total. The molecule has 1 aliphatic heterocycles. The molecule has 0 atom stereocenters. The lowest BCUT2D eigenvalue weighted by Gasteiger charge is -2.46. The maximum atomic E-state index is 12.0. The van der Waals surface area contributed by atoms with E-state index in [9.17, 15) is 9.90 Å². The molecule has 2 rings (SSSR count). The summed E-state index contributed by atoms with van der Waals surface area (Å²) >= 11 is 0. The first-order valence-electron chi connectivity index (χ1n) is 6.90. The van der Waals surface area contributed by atoms with Gasteiger partial charge in [-0.1, -0.05) is 31.5 Å². The van der Waals surface area contributed by atoms with Crippen LogP contribution in [0.15, 0.2) is 30.3 Å². The van der Waals surface area contributed by atoms with E-state index in [4.69, 9.17) is 4.74 Å². The second kappa shape index (κ2) is 6.09. The molecule has 0 aromatic heterocycles. The lowest BCUT2D eigenvalue weighted by molar-refractivity contribution is -0.151. The van der Waals surface area contributed by atoms with Gasteiger partial charge in [0.1, 0.15) is 5.75 Å². The van der Waals surface area contributed by atoms with Crippen molar-refractivity contribution < 1.29 is 14.6 Å². The van der Waals surface area contributed by atoms with Gasteiger partial charge in [-0.05, 0) is 18.6 Å². The van der Waals surface area contributed by atoms with Crippen molar-refractivity contribution in [1.29, 1.82) is 0 Å². The Balaban J connectivity index is 1.94. The molecule has 1 aromatic rings. The molecule has 1 heterocycles. The van der Waals surface area contributed by atoms with Crippen LogP contribution in [-0.2, 0) is 4.79 Å². The fourth-order valence-corrected chi connectivity index (χ4v) is 2.51. The number of aliphatic hydroxyl groups is 1. The Morgan fingerprint density at radius 2 is 2.15 bits per heavy atom. The third-order valence-electron chi connectivity index (χ3n) is 3.54. The van der Waals surface area contributed by atoms with E-state index < -0.39 is 5.60 Å². The topological polar surface area (TPSA) is 49.8 Å². The molecule has 0 spiro atoms. The second-order valence-corrected chi connectivity index (χ2v) is 5.24. The van der Waals surface area contributed by atoms with Gasteiger partial charge in [0.15, 0.2) is 0 Å². The number of para-hydroxylation sites is 1. The molecule has 0 bridgehead atoms. The number of β-amino-alcohol motifs (C(OH)–C–C–N with tert-alkyl or cyclic N) is 1. The van der Waals surface area contributed by atoms with Gasteiger partial charge in [0, 0.05) is 11.6 Å². The van der Waals surface area contributed by atoms with Crippen molar-refractivity contribution in [3.05, 3.63) is 35.9 Å². The van der Waals surface area contributed by atoms with Gasteiger partial charge in [0.2, 0.25) is 5.91 Å². The van der Waals surface area contributed by atoms with Gasteiger partial charge >= 0.3 is 0 Å². The Bertz CT molecular complexity index is 504. The van der Waals surface area contributed by atoms with Crippen LogP contribution in [0.2, 0.25) is 0 Å². The SMILES string of the molecule is CCCC1(O)CN(C(=O)C=Cc2ccccc2OC)C1. The van der Waals surface area contributed by atoms with Crippen molar-refractivity contribution in [2.24, 2.45) is 0 Å². The average molecular weight is 275 g/mol. The molecule has 1 aromatic carbocycles. The smallest absolute Gasteiger partial charge is 0.246 e. The maximum Gasteiger partial charge on any atom is 0.246 e. The van der Waals surface area contributed by atoms with Crippen LogP contribution in [-0.4, -0.2) is 41.7 Å². The van der Waals surface area contributed by atoms with Crippen molar-refractivity contribution in [3.8, 4) is 5.75 Å². The number of nitrogens with zero attached hydrogens (tertiary/aromatic N) is 1. The standard InChI is InChI=1S/C16H21NO3/c1-3-10-16(19)11-17(12-16)15(18)9-8-13-6-4-5-7-14(13)20-2/h4-9,19H,3,10-12H2,1-2H3. The van der Waals surface area contributed by atoms with Crippen LogP contribution in [0.3, 0.4) is 0 Å². The number of ether oxygens (including phenoxy) is 1. The highest BCUT2D eigenvalue weighted by Gasteiger charge is 2.41. The molecular weight excluding hydrogens is 254 g/mol. The molecule has 0 saturated carbocycles. The predicted octanol–water partition coefficient (Wildman–Crippen LogP) is 2.08. The monoisotopic (exact) mass is 275 g/mol. The average Bonchev–Trinajstić information content (AvgIpc) is 2.42. The first-order valence-corrected chi connectivity index (χ1v) is 6.90. The molecular formula is C16H21NO3. The summed E-state index contributed by atoms with van der Waals surface area (Å²) < 4.78 is 5.23. The van der Waals surface area contributed by atoms with Crippen LogP contribution in [0, 0.1) is 0 Å². The normalized spacial score (nSPS) is 17.1. The minimum atomic E-state index is -0.678. The summed E-state index contributed by atoms with van der Waals surface area (Å²) in [7, 11) is 1.61. The number of methoxy groups -OCH3 is 1. The fraction of sp³-hybridized carbons (Fsp3) is 0.438. The van der Waals surface area contributed by atoms with E-state index in [0.717, 1.165) is 24.2 Å². The highest BCUT2D eigenvalue weighted by Crippen LogP contribution is 2.26. The molecule has 1 aliphatic rings. The van der Waals surface area contributed by atoms with E-state index in [1.807, 2.05) is 31.2 Å². The third kappa shape index (κ3) is 3.20. The summed E-state index contributed by atoms with van der Waals surface area (Å²) in [5.74, 6) is 0.666. The zero-order valence-electron chi connectivity index (χ0n) is 12.0. The number of benzene rings is 1. The molecule has 0 radical (unpaired) electrons. The quantitative estimate of drug-likeness (QED) is 0.837. The van der Waals surface area contributed by atoms with Crippen molar-refractivity contribution in [2.75, 3.05) is 20.2 Å². The zero-order chi connectivity index (χ0) is 14.6. The van der Waals surface area contributed by atoms with Crippen molar-refractivity contribution in [1.82, 2.24) is 4.90 Å². The first kappa shape index (κ1) is 14.6. The molecule has 20 heavy (non-hydrogen) atoms. The summed E-state index contributed by atoms with van der Waals surface area (Å²) in [4.78, 5) is 13.6. The minimum absolute atomic E-state index is 0.0725. The molecule has 1 amide bonds. The van der Waals surface area contributed by atoms with Gasteiger partial charge in [0.05, 0.1) is 25.8 Å². The summed E-state index contributed by atoms with van der Waals surface area (Å²) in [6, 6.07) is 7.54. The summed E-state index contributed by atoms with van der Waals surface area (Å²) in [5.41, 5.74) is 0.190. The number of carbonyl (C=O) groups is 1. The molecule has 0 unspecified atom stereocenters. The molecule has 1 saturated heterocycles. The number of rotatable bonds is 5. The number of hydrogen-bond acceptors (Lipinski definition) is 3. The minimum Gasteiger partial charge on any atom is -0.496 e. The zero-order valence-corrected chi connectivity index (χ0v) is 12.0. The summed E-state index contributed by atoms with van der Waals surface area (Å²) in [5, 5.41) is 10.1. The van der Waals surface area contributed by atoms with Crippen molar-refractivity contribution >= 4 is 12.0 Å². The van der Waals surface area contributed by atoms with Crippen LogP contribution in [0.5, 0.6) is 5.75 Å². The van der Waals surface area contributed by atoms with Gasteiger partial charge in [0.25, 0.3) is 0 Å². The van der Waals surface area contributed by atoms with E-state index in [1.165, 1.54) is 6.08 Å². The highest BCUT2D eigenvalue weighted by molar-refractivity contribution is 5.92. The molecule has 1 fully saturated rings. The number of hydrogen-bond donors (Lipinski definition) is 1. The number of carbonyl (C=O) groups excluding carboxylic acids is 1. The first-order chi connectivity index (χ1) is 9.58. The van der Waals surface area contributed by atoms with E-state index >= 15 is 0 Å². The third-order valence-corrected chi connectivity index (χ3v) is 3.54. The van der Waals surface area contributed by atoms with Crippen molar-refractivity contribution in [2.45, 2.75) is 25.4 Å². The second-order valence-electron chi connectivity index (χ2n) is 5.24. The van der Waals surface area contributed by atoms with E-state index in [1.54, 1.807) is 18.1 Å². The number of amides is 1. The van der Waals surface area contributed by atoms with Crippen LogP contribution in [0.25, 0.3) is 6.08 Å². The van der Waals surface area contributed by atoms with E-state index in [0.29, 0.717) is 13.1 Å². The fourth-order valence-electron chi connectivity index (χ4n) is 2.51. The van der Waals surface area contributed by atoms with E-state index in [2.05, 4.69) is 0 Å². The van der Waals surface area contributed by atoms with E-state index in [-0.39, 0.29) is 5.91 Å². The van der Waals surface area contributed by atoms with Gasteiger partial charge in [-0.2, -0.15) is 0 Å². The molecule has 1 N–H and O–H groups in total. The van der Waals surface area contributed by atoms with Crippen LogP contribution in [0.4, 0.5) is 0 Å². The van der Waals surface area contributed by atoms with Crippen LogP contribution in [0.1, 0.15) is 25.3 Å². The molecule has 108 valence electrons. The van der Waals surface area contributed by atoms with Gasteiger partial charge < -0.3 is 14.7 Å². The van der Waals surface area contributed by atoms with Gasteiger partial charge in [-0.25, -0.2) is 0 Å². The largest absolute Gasteiger partial charge is 0.496 e. The molecule has 4 heteroatoms. The Hall–Kier alpha value is -1.81. The lowest BCUT2D eigenvalue weighted by Crippen LogP contribution is -2.63. The van der Waals surface area contributed by atoms with Gasteiger partial charge in [-0.3, -0.25) is 4.79 Å². The van der Waals surface area contributed by atoms with Crippen molar-refractivity contribution in [3.63, 3.8) is 0 Å². The van der Waals surface area contributed by atoms with Crippen LogP contribution < -0.4 is 4.74 Å². The Morgan fingerprint density at radius 1 is 1.45 bits per heavy atom. The van der Waals surface area contributed by atoms with Crippen LogP contribution >= 0.6 is 0 Å². The lowest BCUT2D eigenvalue weighted by atomic mass is 9.89. The molecule has 0 aliphatic carbocycles. The maximum absolute atomic E-state index is 12.0. The summed E-state index contributed by atoms with van der Waals surface area (Å²) in [6.07, 6.45) is 4.95.